The molecule has 3 unspecified atom stereocenters. The second-order valence-electron chi connectivity index (χ2n) is 5.04. The second kappa shape index (κ2) is 6.38. The molecule has 0 amide bonds. The highest BCUT2D eigenvalue weighted by atomic mass is 32.2. The molecule has 0 radical (unpaired) electrons. The Labute approximate surface area is 107 Å². The van der Waals surface area contributed by atoms with E-state index in [1.54, 1.807) is 7.11 Å². The molecule has 3 atom stereocenters. The fourth-order valence-electron chi connectivity index (χ4n) is 2.62. The van der Waals surface area contributed by atoms with Crippen LogP contribution in [-0.2, 0) is 9.47 Å². The molecule has 0 aromatic carbocycles. The molecule has 2 rings (SSSR count). The lowest BCUT2D eigenvalue weighted by Crippen LogP contribution is -2.49. The van der Waals surface area contributed by atoms with Crippen LogP contribution in [0, 0.1) is 0 Å². The molecule has 0 aromatic heterocycles. The Kier molecular flexibility index (Phi) is 5.11. The van der Waals surface area contributed by atoms with Crippen LogP contribution in [-0.4, -0.2) is 61.2 Å². The Morgan fingerprint density at radius 1 is 1.65 bits per heavy atom. The van der Waals surface area contributed by atoms with Crippen LogP contribution in [0.1, 0.15) is 19.3 Å². The summed E-state index contributed by atoms with van der Waals surface area (Å²) < 4.78 is 10.9. The molecular formula is C12H23NO3S. The molecule has 100 valence electrons. The SMILES string of the molecule is COCC(O)CNC1CCOC2(CCSC2)C1. The molecule has 0 aliphatic carbocycles. The Bertz CT molecular complexity index is 234. The largest absolute Gasteiger partial charge is 0.389 e. The van der Waals surface area contributed by atoms with Gasteiger partial charge < -0.3 is 19.9 Å². The van der Waals surface area contributed by atoms with Crippen LogP contribution in [0.15, 0.2) is 0 Å². The summed E-state index contributed by atoms with van der Waals surface area (Å²) in [6.07, 6.45) is 2.90. The number of methoxy groups -OCH3 is 1. The van der Waals surface area contributed by atoms with Gasteiger partial charge in [0.25, 0.3) is 0 Å². The van der Waals surface area contributed by atoms with Crippen molar-refractivity contribution in [2.24, 2.45) is 0 Å². The van der Waals surface area contributed by atoms with Crippen molar-refractivity contribution in [3.8, 4) is 0 Å². The van der Waals surface area contributed by atoms with Gasteiger partial charge in [-0.1, -0.05) is 0 Å². The maximum atomic E-state index is 9.61. The molecule has 2 fully saturated rings. The smallest absolute Gasteiger partial charge is 0.0897 e. The number of hydrogen-bond donors (Lipinski definition) is 2. The van der Waals surface area contributed by atoms with Crippen molar-refractivity contribution >= 4 is 11.8 Å². The molecule has 2 aliphatic heterocycles. The van der Waals surface area contributed by atoms with Gasteiger partial charge in [-0.25, -0.2) is 0 Å². The molecule has 0 aromatic rings. The van der Waals surface area contributed by atoms with Gasteiger partial charge in [-0.3, -0.25) is 0 Å². The minimum Gasteiger partial charge on any atom is -0.389 e. The third-order valence-corrected chi connectivity index (χ3v) is 4.78. The van der Waals surface area contributed by atoms with Crippen molar-refractivity contribution < 1.29 is 14.6 Å². The Balaban J connectivity index is 1.74. The van der Waals surface area contributed by atoms with Crippen LogP contribution in [0.3, 0.4) is 0 Å². The van der Waals surface area contributed by atoms with Crippen molar-refractivity contribution in [3.63, 3.8) is 0 Å². The lowest BCUT2D eigenvalue weighted by Gasteiger charge is -2.38. The van der Waals surface area contributed by atoms with Crippen LogP contribution in [0.25, 0.3) is 0 Å². The summed E-state index contributed by atoms with van der Waals surface area (Å²) in [5.74, 6) is 2.35. The van der Waals surface area contributed by atoms with Crippen LogP contribution in [0.5, 0.6) is 0 Å². The van der Waals surface area contributed by atoms with Gasteiger partial charge in [-0.15, -0.1) is 0 Å². The Hall–Kier alpha value is 0.190. The van der Waals surface area contributed by atoms with Gasteiger partial charge in [0.1, 0.15) is 0 Å². The first-order valence-corrected chi connectivity index (χ1v) is 7.52. The molecule has 4 nitrogen and oxygen atoms in total. The molecule has 2 aliphatic rings. The Morgan fingerprint density at radius 3 is 3.24 bits per heavy atom. The van der Waals surface area contributed by atoms with E-state index in [4.69, 9.17) is 9.47 Å². The highest BCUT2D eigenvalue weighted by molar-refractivity contribution is 7.99. The summed E-state index contributed by atoms with van der Waals surface area (Å²) in [7, 11) is 1.61. The van der Waals surface area contributed by atoms with E-state index in [1.807, 2.05) is 11.8 Å². The van der Waals surface area contributed by atoms with E-state index in [-0.39, 0.29) is 5.60 Å². The second-order valence-corrected chi connectivity index (χ2v) is 6.15. The van der Waals surface area contributed by atoms with Crippen molar-refractivity contribution in [3.05, 3.63) is 0 Å². The summed E-state index contributed by atoms with van der Waals surface area (Å²) >= 11 is 1.99. The van der Waals surface area contributed by atoms with E-state index in [9.17, 15) is 5.11 Å². The minimum atomic E-state index is -0.406. The number of rotatable bonds is 5. The predicted molar refractivity (Wildman–Crippen MR) is 69.5 cm³/mol. The van der Waals surface area contributed by atoms with Gasteiger partial charge in [-0.05, 0) is 25.0 Å². The average molecular weight is 261 g/mol. The quantitative estimate of drug-likeness (QED) is 0.760. The topological polar surface area (TPSA) is 50.7 Å². The first kappa shape index (κ1) is 13.6. The minimum absolute atomic E-state index is 0.118. The van der Waals surface area contributed by atoms with E-state index in [1.165, 1.54) is 12.2 Å². The van der Waals surface area contributed by atoms with Crippen LogP contribution < -0.4 is 5.32 Å². The van der Waals surface area contributed by atoms with Crippen molar-refractivity contribution in [2.45, 2.75) is 37.0 Å². The Morgan fingerprint density at radius 2 is 2.53 bits per heavy atom. The van der Waals surface area contributed by atoms with E-state index in [0.29, 0.717) is 19.2 Å². The van der Waals surface area contributed by atoms with E-state index in [2.05, 4.69) is 5.32 Å². The molecular weight excluding hydrogens is 238 g/mol. The summed E-state index contributed by atoms with van der Waals surface area (Å²) in [6.45, 7) is 1.86. The summed E-state index contributed by atoms with van der Waals surface area (Å²) in [5.41, 5.74) is 0.118. The number of aliphatic hydroxyl groups excluding tert-OH is 1. The number of nitrogens with one attached hydrogen (secondary N) is 1. The van der Waals surface area contributed by atoms with Crippen LogP contribution >= 0.6 is 11.8 Å². The molecule has 1 spiro atoms. The summed E-state index contributed by atoms with van der Waals surface area (Å²) in [5, 5.41) is 13.1. The molecule has 2 saturated heterocycles. The standard InChI is InChI=1S/C12H23NO3S/c1-15-8-11(14)7-13-10-2-4-16-12(6-10)3-5-17-9-12/h10-11,13-14H,2-9H2,1H3. The third kappa shape index (κ3) is 3.83. The van der Waals surface area contributed by atoms with Gasteiger partial charge in [-0.2, -0.15) is 11.8 Å². The zero-order valence-electron chi connectivity index (χ0n) is 10.5. The zero-order valence-corrected chi connectivity index (χ0v) is 11.3. The molecule has 0 saturated carbocycles. The predicted octanol–water partition coefficient (Wildman–Crippen LogP) is 0.638. The first-order chi connectivity index (χ1) is 8.24. The summed E-state index contributed by atoms with van der Waals surface area (Å²) in [6, 6.07) is 0.481. The van der Waals surface area contributed by atoms with Crippen molar-refractivity contribution in [1.82, 2.24) is 5.32 Å². The van der Waals surface area contributed by atoms with E-state index in [0.717, 1.165) is 25.2 Å². The zero-order chi connectivity index (χ0) is 12.1. The maximum absolute atomic E-state index is 9.61. The van der Waals surface area contributed by atoms with Gasteiger partial charge >= 0.3 is 0 Å². The monoisotopic (exact) mass is 261 g/mol. The number of thioether (sulfide) groups is 1. The van der Waals surface area contributed by atoms with Gasteiger partial charge in [0, 0.05) is 32.1 Å². The number of ether oxygens (including phenoxy) is 2. The lowest BCUT2D eigenvalue weighted by molar-refractivity contribution is -0.0715. The van der Waals surface area contributed by atoms with Gasteiger partial charge in [0.05, 0.1) is 18.3 Å². The molecule has 2 heterocycles. The highest BCUT2D eigenvalue weighted by Crippen LogP contribution is 2.38. The van der Waals surface area contributed by atoms with Crippen LogP contribution in [0.2, 0.25) is 0 Å². The van der Waals surface area contributed by atoms with Crippen molar-refractivity contribution in [1.29, 1.82) is 0 Å². The fraction of sp³-hybridized carbons (Fsp3) is 1.00. The number of hydrogen-bond acceptors (Lipinski definition) is 5. The number of aliphatic hydroxyl groups is 1. The first-order valence-electron chi connectivity index (χ1n) is 6.36. The van der Waals surface area contributed by atoms with Gasteiger partial charge in [0.15, 0.2) is 0 Å². The lowest BCUT2D eigenvalue weighted by atomic mass is 9.90. The summed E-state index contributed by atoms with van der Waals surface area (Å²) in [4.78, 5) is 0. The molecule has 17 heavy (non-hydrogen) atoms. The molecule has 0 bridgehead atoms. The fourth-order valence-corrected chi connectivity index (χ4v) is 4.00. The maximum Gasteiger partial charge on any atom is 0.0897 e. The van der Waals surface area contributed by atoms with E-state index < -0.39 is 6.10 Å². The van der Waals surface area contributed by atoms with Crippen LogP contribution in [0.4, 0.5) is 0 Å². The van der Waals surface area contributed by atoms with Crippen molar-refractivity contribution in [2.75, 3.05) is 38.4 Å². The average Bonchev–Trinajstić information content (AvgIpc) is 2.75. The molecule has 5 heteroatoms. The molecule has 2 N–H and O–H groups in total. The van der Waals surface area contributed by atoms with Gasteiger partial charge in [0.2, 0.25) is 0 Å². The third-order valence-electron chi connectivity index (χ3n) is 3.56. The highest BCUT2D eigenvalue weighted by Gasteiger charge is 2.40. The van der Waals surface area contributed by atoms with E-state index >= 15 is 0 Å². The normalized spacial score (nSPS) is 35.3.